The first kappa shape index (κ1) is 15.6. The van der Waals surface area contributed by atoms with Gasteiger partial charge >= 0.3 is 0 Å². The summed E-state index contributed by atoms with van der Waals surface area (Å²) < 4.78 is 10.9. The molecule has 1 aliphatic carbocycles. The van der Waals surface area contributed by atoms with Gasteiger partial charge in [-0.3, -0.25) is 4.79 Å². The maximum atomic E-state index is 11.2. The van der Waals surface area contributed by atoms with Crippen molar-refractivity contribution in [1.29, 1.82) is 0 Å². The highest BCUT2D eigenvalue weighted by atomic mass is 16.5. The summed E-state index contributed by atoms with van der Waals surface area (Å²) in [5.41, 5.74) is 1.66. The van der Waals surface area contributed by atoms with Gasteiger partial charge in [0.15, 0.2) is 0 Å². The Morgan fingerprint density at radius 1 is 1.24 bits per heavy atom. The first-order valence-electron chi connectivity index (χ1n) is 7.39. The largest absolute Gasteiger partial charge is 0.494 e. The van der Waals surface area contributed by atoms with E-state index in [9.17, 15) is 4.79 Å². The summed E-state index contributed by atoms with van der Waals surface area (Å²) >= 11 is 0. The van der Waals surface area contributed by atoms with Crippen molar-refractivity contribution in [1.82, 2.24) is 0 Å². The maximum absolute atomic E-state index is 11.2. The normalized spacial score (nSPS) is 21.7. The van der Waals surface area contributed by atoms with Gasteiger partial charge in [-0.05, 0) is 25.0 Å². The number of ether oxygens (including phenoxy) is 2. The van der Waals surface area contributed by atoms with E-state index in [1.807, 2.05) is 18.2 Å². The predicted octanol–water partition coefficient (Wildman–Crippen LogP) is 3.02. The molecular formula is C16H24N2O3. The number of hydrogen-bond acceptors (Lipinski definition) is 4. The van der Waals surface area contributed by atoms with Crippen LogP contribution in [0.15, 0.2) is 18.2 Å². The molecule has 5 heteroatoms. The van der Waals surface area contributed by atoms with Crippen molar-refractivity contribution in [2.45, 2.75) is 44.8 Å². The van der Waals surface area contributed by atoms with Crippen molar-refractivity contribution in [3.8, 4) is 5.75 Å². The first-order valence-corrected chi connectivity index (χ1v) is 7.39. The molecule has 2 unspecified atom stereocenters. The third kappa shape index (κ3) is 4.11. The van der Waals surface area contributed by atoms with Crippen LogP contribution in [0.3, 0.4) is 0 Å². The highest BCUT2D eigenvalue weighted by molar-refractivity contribution is 5.90. The molecule has 1 amide bonds. The molecular weight excluding hydrogens is 268 g/mol. The molecule has 116 valence electrons. The highest BCUT2D eigenvalue weighted by Crippen LogP contribution is 2.30. The Hall–Kier alpha value is -1.75. The number of nitrogens with one attached hydrogen (secondary N) is 2. The van der Waals surface area contributed by atoms with Crippen molar-refractivity contribution >= 4 is 17.3 Å². The van der Waals surface area contributed by atoms with Crippen LogP contribution in [0.5, 0.6) is 5.75 Å². The number of amides is 1. The van der Waals surface area contributed by atoms with Gasteiger partial charge in [-0.1, -0.05) is 12.8 Å². The standard InChI is InChI=1S/C16H24N2O3/c1-11(19)17-14-9-8-12(10-16(14)21-3)18-13-6-4-5-7-15(13)20-2/h8-10,13,15,18H,4-7H2,1-3H3,(H,17,19). The fraction of sp³-hybridized carbons (Fsp3) is 0.562. The minimum atomic E-state index is -0.110. The van der Waals surface area contributed by atoms with Gasteiger partial charge in [0.2, 0.25) is 5.91 Å². The summed E-state index contributed by atoms with van der Waals surface area (Å²) in [4.78, 5) is 11.2. The van der Waals surface area contributed by atoms with Crippen LogP contribution in [0.4, 0.5) is 11.4 Å². The molecule has 0 spiro atoms. The van der Waals surface area contributed by atoms with Crippen molar-refractivity contribution in [2.75, 3.05) is 24.9 Å². The van der Waals surface area contributed by atoms with Crippen molar-refractivity contribution in [3.05, 3.63) is 18.2 Å². The number of benzene rings is 1. The van der Waals surface area contributed by atoms with E-state index in [0.717, 1.165) is 18.5 Å². The van der Waals surface area contributed by atoms with Gasteiger partial charge < -0.3 is 20.1 Å². The van der Waals surface area contributed by atoms with E-state index in [4.69, 9.17) is 9.47 Å². The van der Waals surface area contributed by atoms with Gasteiger partial charge in [-0.2, -0.15) is 0 Å². The second-order valence-corrected chi connectivity index (χ2v) is 5.41. The number of hydrogen-bond donors (Lipinski definition) is 2. The highest BCUT2D eigenvalue weighted by Gasteiger charge is 2.24. The molecule has 0 radical (unpaired) electrons. The van der Waals surface area contributed by atoms with Gasteiger partial charge in [-0.25, -0.2) is 0 Å². The van der Waals surface area contributed by atoms with Crippen LogP contribution in [-0.2, 0) is 9.53 Å². The van der Waals surface area contributed by atoms with E-state index in [0.29, 0.717) is 17.5 Å². The number of carbonyl (C=O) groups is 1. The second kappa shape index (κ2) is 7.31. The van der Waals surface area contributed by atoms with E-state index in [1.165, 1.54) is 19.8 Å². The van der Waals surface area contributed by atoms with Gasteiger partial charge in [-0.15, -0.1) is 0 Å². The minimum Gasteiger partial charge on any atom is -0.494 e. The minimum absolute atomic E-state index is 0.110. The third-order valence-electron chi connectivity index (χ3n) is 3.87. The zero-order valence-electron chi connectivity index (χ0n) is 12.9. The summed E-state index contributed by atoms with van der Waals surface area (Å²) in [5, 5.41) is 6.28. The molecule has 5 nitrogen and oxygen atoms in total. The van der Waals surface area contributed by atoms with Crippen LogP contribution in [0.2, 0.25) is 0 Å². The Morgan fingerprint density at radius 3 is 2.67 bits per heavy atom. The Balaban J connectivity index is 2.11. The zero-order chi connectivity index (χ0) is 15.2. The van der Waals surface area contributed by atoms with Crippen LogP contribution in [0, 0.1) is 0 Å². The van der Waals surface area contributed by atoms with E-state index < -0.39 is 0 Å². The Labute approximate surface area is 126 Å². The molecule has 21 heavy (non-hydrogen) atoms. The molecule has 0 aromatic heterocycles. The van der Waals surface area contributed by atoms with E-state index in [-0.39, 0.29) is 12.0 Å². The van der Waals surface area contributed by atoms with E-state index >= 15 is 0 Å². The molecule has 0 saturated heterocycles. The molecule has 1 saturated carbocycles. The van der Waals surface area contributed by atoms with E-state index in [2.05, 4.69) is 10.6 Å². The smallest absolute Gasteiger partial charge is 0.221 e. The van der Waals surface area contributed by atoms with Crippen LogP contribution in [-0.4, -0.2) is 32.3 Å². The maximum Gasteiger partial charge on any atom is 0.221 e. The average molecular weight is 292 g/mol. The topological polar surface area (TPSA) is 59.6 Å². The van der Waals surface area contributed by atoms with Gasteiger partial charge in [0.25, 0.3) is 0 Å². The summed E-state index contributed by atoms with van der Waals surface area (Å²) in [5.74, 6) is 0.542. The molecule has 2 N–H and O–H groups in total. The SMILES string of the molecule is COc1cc(NC2CCCCC2OC)ccc1NC(C)=O. The Morgan fingerprint density at radius 2 is 2.00 bits per heavy atom. The molecule has 1 aromatic rings. The lowest BCUT2D eigenvalue weighted by Gasteiger charge is -2.32. The molecule has 2 rings (SSSR count). The lowest BCUT2D eigenvalue weighted by atomic mass is 9.92. The zero-order valence-corrected chi connectivity index (χ0v) is 12.9. The van der Waals surface area contributed by atoms with Gasteiger partial charge in [0.05, 0.1) is 24.9 Å². The van der Waals surface area contributed by atoms with E-state index in [1.54, 1.807) is 14.2 Å². The number of rotatable bonds is 5. The van der Waals surface area contributed by atoms with Crippen molar-refractivity contribution in [3.63, 3.8) is 0 Å². The molecule has 0 bridgehead atoms. The lowest BCUT2D eigenvalue weighted by molar-refractivity contribution is -0.114. The Kier molecular flexibility index (Phi) is 5.44. The number of anilines is 2. The third-order valence-corrected chi connectivity index (χ3v) is 3.87. The van der Waals surface area contributed by atoms with Crippen LogP contribution in [0.25, 0.3) is 0 Å². The van der Waals surface area contributed by atoms with Crippen LogP contribution >= 0.6 is 0 Å². The van der Waals surface area contributed by atoms with Gasteiger partial charge in [0, 0.05) is 25.8 Å². The Bertz CT molecular complexity index is 490. The lowest BCUT2D eigenvalue weighted by Crippen LogP contribution is -2.37. The van der Waals surface area contributed by atoms with Crippen molar-refractivity contribution in [2.24, 2.45) is 0 Å². The first-order chi connectivity index (χ1) is 10.1. The summed E-state index contributed by atoms with van der Waals surface area (Å²) in [7, 11) is 3.37. The number of methoxy groups -OCH3 is 2. The molecule has 1 fully saturated rings. The molecule has 1 aromatic carbocycles. The van der Waals surface area contributed by atoms with Crippen molar-refractivity contribution < 1.29 is 14.3 Å². The molecule has 2 atom stereocenters. The fourth-order valence-corrected chi connectivity index (χ4v) is 2.83. The molecule has 1 aliphatic rings. The molecule has 0 heterocycles. The average Bonchev–Trinajstić information content (AvgIpc) is 2.49. The predicted molar refractivity (Wildman–Crippen MR) is 84.0 cm³/mol. The summed E-state index contributed by atoms with van der Waals surface area (Å²) in [6, 6.07) is 6.04. The number of carbonyl (C=O) groups excluding carboxylic acids is 1. The van der Waals surface area contributed by atoms with Crippen LogP contribution < -0.4 is 15.4 Å². The second-order valence-electron chi connectivity index (χ2n) is 5.41. The van der Waals surface area contributed by atoms with Gasteiger partial charge in [0.1, 0.15) is 5.75 Å². The summed E-state index contributed by atoms with van der Waals surface area (Å²) in [6.07, 6.45) is 4.89. The fourth-order valence-electron chi connectivity index (χ4n) is 2.83. The monoisotopic (exact) mass is 292 g/mol. The molecule has 0 aliphatic heterocycles. The van der Waals surface area contributed by atoms with Crippen LogP contribution in [0.1, 0.15) is 32.6 Å². The quantitative estimate of drug-likeness (QED) is 0.876. The summed E-state index contributed by atoms with van der Waals surface area (Å²) in [6.45, 7) is 1.48.